The van der Waals surface area contributed by atoms with Crippen LogP contribution in [0.1, 0.15) is 39.0 Å². The highest BCUT2D eigenvalue weighted by Gasteiger charge is 2.28. The number of hydrogen-bond donors (Lipinski definition) is 0. The molecule has 5 heteroatoms. The smallest absolute Gasteiger partial charge is 0.0322 e. The molecule has 2 aromatic rings. The SMILES string of the molecule is C=C(CCSC)P(/C=C/CC/C=C/SC)N(CCCC)P(c1ccccc1)c1ccccc1. The van der Waals surface area contributed by atoms with E-state index in [9.17, 15) is 0 Å². The Hall–Kier alpha value is -0.820. The highest BCUT2D eigenvalue weighted by molar-refractivity contribution is 8.01. The second-order valence-corrected chi connectivity index (χ2v) is 13.9. The Morgan fingerprint density at radius 3 is 2.09 bits per heavy atom. The normalized spacial score (nSPS) is 12.9. The van der Waals surface area contributed by atoms with Crippen LogP contribution < -0.4 is 10.6 Å². The standard InChI is InChI=1S/C28H39NP2S2/c1-5-6-22-29(30(26(2)21-25-33-4)23-15-7-8-16-24-32-3)31(27-17-11-9-12-18-27)28-19-13-10-14-20-28/h9-20,23-24H,2,5-8,21-22,25H2,1,3-4H3/b23-15+,24-16+. The monoisotopic (exact) mass is 515 g/mol. The summed E-state index contributed by atoms with van der Waals surface area (Å²) >= 11 is 3.69. The molecule has 0 N–H and O–H groups in total. The first-order valence-corrected chi connectivity index (χ1v) is 17.0. The van der Waals surface area contributed by atoms with E-state index in [1.807, 2.05) is 11.8 Å². The summed E-state index contributed by atoms with van der Waals surface area (Å²) in [6.45, 7) is 8.03. The zero-order valence-electron chi connectivity index (χ0n) is 20.4. The molecule has 178 valence electrons. The molecular formula is C28H39NP2S2. The molecule has 0 heterocycles. The van der Waals surface area contributed by atoms with Gasteiger partial charge in [-0.1, -0.05) is 92.7 Å². The van der Waals surface area contributed by atoms with E-state index in [4.69, 9.17) is 0 Å². The molecule has 0 saturated carbocycles. The number of rotatable bonds is 16. The summed E-state index contributed by atoms with van der Waals surface area (Å²) in [4.78, 5) is 0. The molecule has 0 spiro atoms. The lowest BCUT2D eigenvalue weighted by molar-refractivity contribution is 0.644. The summed E-state index contributed by atoms with van der Waals surface area (Å²) in [5.74, 6) is 3.64. The van der Waals surface area contributed by atoms with Gasteiger partial charge < -0.3 is 0 Å². The van der Waals surface area contributed by atoms with Crippen LogP contribution in [-0.4, -0.2) is 29.3 Å². The molecule has 0 aliphatic heterocycles. The summed E-state index contributed by atoms with van der Waals surface area (Å²) in [5, 5.41) is 6.43. The second-order valence-electron chi connectivity index (χ2n) is 7.66. The van der Waals surface area contributed by atoms with Gasteiger partial charge in [0.25, 0.3) is 0 Å². The minimum absolute atomic E-state index is 0.575. The van der Waals surface area contributed by atoms with Crippen molar-refractivity contribution in [3.63, 3.8) is 0 Å². The Kier molecular flexibility index (Phi) is 15.1. The molecular weight excluding hydrogens is 476 g/mol. The first-order valence-electron chi connectivity index (χ1n) is 11.7. The van der Waals surface area contributed by atoms with Crippen molar-refractivity contribution in [2.24, 2.45) is 0 Å². The van der Waals surface area contributed by atoms with Crippen LogP contribution in [-0.2, 0) is 0 Å². The average Bonchev–Trinajstić information content (AvgIpc) is 2.86. The summed E-state index contributed by atoms with van der Waals surface area (Å²) in [6.07, 6.45) is 14.7. The Bertz CT molecular complexity index is 800. The van der Waals surface area contributed by atoms with E-state index in [1.54, 1.807) is 11.8 Å². The van der Waals surface area contributed by atoms with Gasteiger partial charge in [0.15, 0.2) is 0 Å². The fourth-order valence-corrected chi connectivity index (χ4v) is 10.1. The van der Waals surface area contributed by atoms with Crippen molar-refractivity contribution in [2.75, 3.05) is 24.8 Å². The van der Waals surface area contributed by atoms with E-state index in [0.717, 1.165) is 31.6 Å². The minimum Gasteiger partial charge on any atom is -0.245 e. The Morgan fingerprint density at radius 1 is 0.939 bits per heavy atom. The molecule has 0 aliphatic rings. The third kappa shape index (κ3) is 10.1. The van der Waals surface area contributed by atoms with E-state index in [0.29, 0.717) is 0 Å². The molecule has 2 aromatic carbocycles. The van der Waals surface area contributed by atoms with Crippen LogP contribution in [0.3, 0.4) is 0 Å². The maximum absolute atomic E-state index is 4.64. The lowest BCUT2D eigenvalue weighted by Gasteiger charge is -2.38. The largest absolute Gasteiger partial charge is 0.245 e. The molecule has 0 saturated heterocycles. The summed E-state index contributed by atoms with van der Waals surface area (Å²) in [6, 6.07) is 22.2. The van der Waals surface area contributed by atoms with E-state index >= 15 is 0 Å². The highest BCUT2D eigenvalue weighted by atomic mass is 32.2. The fourth-order valence-electron chi connectivity index (χ4n) is 3.37. The number of benzene rings is 2. The second kappa shape index (κ2) is 17.6. The number of thioether (sulfide) groups is 2. The predicted molar refractivity (Wildman–Crippen MR) is 161 cm³/mol. The van der Waals surface area contributed by atoms with Gasteiger partial charge in [0.1, 0.15) is 0 Å². The van der Waals surface area contributed by atoms with Crippen molar-refractivity contribution in [3.8, 4) is 0 Å². The van der Waals surface area contributed by atoms with E-state index < -0.39 is 16.1 Å². The van der Waals surface area contributed by atoms with Crippen molar-refractivity contribution in [1.29, 1.82) is 0 Å². The molecule has 1 nitrogen and oxygen atoms in total. The number of allylic oxidation sites excluding steroid dienone is 3. The first-order chi connectivity index (χ1) is 16.2. The molecule has 1 unspecified atom stereocenters. The van der Waals surface area contributed by atoms with Gasteiger partial charge in [-0.2, -0.15) is 11.8 Å². The van der Waals surface area contributed by atoms with Crippen molar-refractivity contribution < 1.29 is 0 Å². The van der Waals surface area contributed by atoms with Crippen LogP contribution in [0.15, 0.2) is 95.9 Å². The van der Waals surface area contributed by atoms with E-state index in [2.05, 4.69) is 114 Å². The predicted octanol–water partition coefficient (Wildman–Crippen LogP) is 8.97. The van der Waals surface area contributed by atoms with E-state index in [1.165, 1.54) is 28.8 Å². The maximum atomic E-state index is 4.64. The fraction of sp³-hybridized carbons (Fsp3) is 0.357. The minimum atomic E-state index is -0.617. The van der Waals surface area contributed by atoms with Crippen molar-refractivity contribution in [3.05, 3.63) is 95.9 Å². The molecule has 0 radical (unpaired) electrons. The molecule has 0 bridgehead atoms. The van der Waals surface area contributed by atoms with Crippen molar-refractivity contribution in [1.82, 2.24) is 4.44 Å². The topological polar surface area (TPSA) is 3.24 Å². The third-order valence-corrected chi connectivity index (χ3v) is 11.6. The quantitative estimate of drug-likeness (QED) is 0.162. The molecule has 2 rings (SSSR count). The Morgan fingerprint density at radius 2 is 1.55 bits per heavy atom. The highest BCUT2D eigenvalue weighted by Crippen LogP contribution is 2.61. The van der Waals surface area contributed by atoms with Crippen molar-refractivity contribution >= 4 is 50.3 Å². The summed E-state index contributed by atoms with van der Waals surface area (Å²) < 4.78 is 2.82. The molecule has 0 amide bonds. The van der Waals surface area contributed by atoms with Crippen LogP contribution in [0.5, 0.6) is 0 Å². The first kappa shape index (κ1) is 28.4. The van der Waals surface area contributed by atoms with Gasteiger partial charge in [0, 0.05) is 22.7 Å². The summed E-state index contributed by atoms with van der Waals surface area (Å²) in [5.41, 5.74) is 0. The maximum Gasteiger partial charge on any atom is 0.0322 e. The van der Waals surface area contributed by atoms with E-state index in [-0.39, 0.29) is 0 Å². The van der Waals surface area contributed by atoms with Gasteiger partial charge in [-0.25, -0.2) is 4.44 Å². The molecule has 0 aromatic heterocycles. The van der Waals surface area contributed by atoms with Crippen LogP contribution in [0.4, 0.5) is 0 Å². The van der Waals surface area contributed by atoms with Crippen LogP contribution in [0, 0.1) is 0 Å². The Labute approximate surface area is 213 Å². The molecule has 0 fully saturated rings. The molecule has 0 aliphatic carbocycles. The average molecular weight is 516 g/mol. The van der Waals surface area contributed by atoms with Crippen LogP contribution in [0.25, 0.3) is 0 Å². The molecule has 33 heavy (non-hydrogen) atoms. The number of unbranched alkanes of at least 4 members (excludes halogenated alkanes) is 2. The van der Waals surface area contributed by atoms with Gasteiger partial charge in [0.2, 0.25) is 0 Å². The number of nitrogens with zero attached hydrogens (tertiary/aromatic N) is 1. The van der Waals surface area contributed by atoms with Gasteiger partial charge >= 0.3 is 0 Å². The van der Waals surface area contributed by atoms with Gasteiger partial charge in [-0.15, -0.1) is 11.8 Å². The number of hydrogen-bond acceptors (Lipinski definition) is 3. The van der Waals surface area contributed by atoms with Crippen LogP contribution in [0.2, 0.25) is 0 Å². The lowest BCUT2D eigenvalue weighted by atomic mass is 10.3. The Balaban J connectivity index is 2.45. The third-order valence-electron chi connectivity index (χ3n) is 5.09. The zero-order valence-corrected chi connectivity index (χ0v) is 23.8. The van der Waals surface area contributed by atoms with Gasteiger partial charge in [-0.3, -0.25) is 0 Å². The van der Waals surface area contributed by atoms with Crippen LogP contribution >= 0.6 is 39.7 Å². The molecule has 1 atom stereocenters. The van der Waals surface area contributed by atoms with Gasteiger partial charge in [0.05, 0.1) is 0 Å². The van der Waals surface area contributed by atoms with Gasteiger partial charge in [-0.05, 0) is 71.1 Å². The van der Waals surface area contributed by atoms with Crippen molar-refractivity contribution in [2.45, 2.75) is 39.0 Å². The lowest BCUT2D eigenvalue weighted by Crippen LogP contribution is -2.26. The zero-order chi connectivity index (χ0) is 23.7. The summed E-state index contributed by atoms with van der Waals surface area (Å²) in [7, 11) is -1.19.